The molecule has 3 rings (SSSR count). The molecule has 34 heavy (non-hydrogen) atoms. The first-order valence-corrected chi connectivity index (χ1v) is 11.8. The molecule has 0 radical (unpaired) electrons. The average molecular weight is 604 g/mol. The van der Waals surface area contributed by atoms with E-state index in [0.717, 1.165) is 8.95 Å². The monoisotopic (exact) mass is 602 g/mol. The molecule has 0 saturated heterocycles. The van der Waals surface area contributed by atoms with E-state index >= 15 is 0 Å². The van der Waals surface area contributed by atoms with Crippen molar-refractivity contribution in [1.82, 2.24) is 0 Å². The minimum atomic E-state index is -4.20. The summed E-state index contributed by atoms with van der Waals surface area (Å²) in [5, 5.41) is 8.74. The third-order valence-corrected chi connectivity index (χ3v) is 5.61. The summed E-state index contributed by atoms with van der Waals surface area (Å²) in [5.41, 5.74) is 1.07. The van der Waals surface area contributed by atoms with Gasteiger partial charge in [0.1, 0.15) is 17.6 Å². The van der Waals surface area contributed by atoms with E-state index in [1.54, 1.807) is 72.8 Å². The van der Waals surface area contributed by atoms with E-state index in [1.807, 2.05) is 0 Å². The molecule has 0 aliphatic rings. The van der Waals surface area contributed by atoms with Crippen LogP contribution in [0.4, 0.5) is 13.2 Å². The number of hydrogen-bond acceptors (Lipinski definition) is 4. The average Bonchev–Trinajstić information content (AvgIpc) is 2.81. The predicted molar refractivity (Wildman–Crippen MR) is 131 cm³/mol. The molecule has 4 nitrogen and oxygen atoms in total. The van der Waals surface area contributed by atoms with Gasteiger partial charge in [-0.05, 0) is 79.1 Å². The Labute approximate surface area is 213 Å². The van der Waals surface area contributed by atoms with E-state index in [2.05, 4.69) is 36.6 Å². The number of aromatic hydroxyl groups is 1. The Balaban J connectivity index is 0.000000430. The number of phenolic OH excluding ortho intramolecular Hbond substituents is 1. The zero-order valence-electron chi connectivity index (χ0n) is 18.2. The van der Waals surface area contributed by atoms with Gasteiger partial charge in [0.25, 0.3) is 0 Å². The molecule has 1 N–H and O–H groups in total. The van der Waals surface area contributed by atoms with Gasteiger partial charge >= 0.3 is 12.1 Å². The highest BCUT2D eigenvalue weighted by Gasteiger charge is 2.27. The molecule has 1 atom stereocenters. The van der Waals surface area contributed by atoms with Crippen LogP contribution in [-0.4, -0.2) is 24.4 Å². The predicted octanol–water partition coefficient (Wildman–Crippen LogP) is 8.24. The summed E-state index contributed by atoms with van der Waals surface area (Å²) in [6, 6.07) is 20.4. The molecule has 0 fully saturated rings. The van der Waals surface area contributed by atoms with Crippen molar-refractivity contribution in [2.75, 3.05) is 7.11 Å². The molecule has 3 aromatic rings. The van der Waals surface area contributed by atoms with Crippen molar-refractivity contribution >= 4 is 37.8 Å². The first-order chi connectivity index (χ1) is 16.1. The van der Waals surface area contributed by atoms with Crippen molar-refractivity contribution in [3.63, 3.8) is 0 Å². The van der Waals surface area contributed by atoms with Crippen LogP contribution in [0.2, 0.25) is 0 Å². The van der Waals surface area contributed by atoms with E-state index in [1.165, 1.54) is 7.11 Å². The van der Waals surface area contributed by atoms with Gasteiger partial charge in [-0.2, -0.15) is 13.2 Å². The smallest absolute Gasteiger partial charge is 0.389 e. The Morgan fingerprint density at radius 3 is 1.91 bits per heavy atom. The maximum absolute atomic E-state index is 12.5. The Hall–Kier alpha value is -2.52. The standard InChI is InChI=1S/C19H18BrF3O3.C6H5BrO/c1-25-18(24)14-6-4-13(5-7-14)17(3-2-12-19(21,22)23)26-16-10-8-15(20)9-11-16;7-5-1-3-6(8)4-2-5/h4-11,17H,2-3,12H2,1H3;1-4,8H. The highest BCUT2D eigenvalue weighted by atomic mass is 79.9. The second-order valence-electron chi connectivity index (χ2n) is 7.16. The topological polar surface area (TPSA) is 55.8 Å². The molecule has 1 unspecified atom stereocenters. The maximum atomic E-state index is 12.5. The highest BCUT2D eigenvalue weighted by molar-refractivity contribution is 9.10. The molecule has 0 aliphatic heterocycles. The Morgan fingerprint density at radius 1 is 0.912 bits per heavy atom. The van der Waals surface area contributed by atoms with Crippen molar-refractivity contribution in [1.29, 1.82) is 0 Å². The summed E-state index contributed by atoms with van der Waals surface area (Å²) < 4.78 is 49.8. The Kier molecular flexibility index (Phi) is 10.9. The van der Waals surface area contributed by atoms with E-state index < -0.39 is 24.7 Å². The fourth-order valence-electron chi connectivity index (χ4n) is 2.85. The summed E-state index contributed by atoms with van der Waals surface area (Å²) >= 11 is 6.56. The van der Waals surface area contributed by atoms with Crippen molar-refractivity contribution in [2.45, 2.75) is 31.5 Å². The molecule has 9 heteroatoms. The van der Waals surface area contributed by atoms with Crippen molar-refractivity contribution in [2.24, 2.45) is 0 Å². The normalized spacial score (nSPS) is 11.7. The van der Waals surface area contributed by atoms with Crippen LogP contribution in [0, 0.1) is 0 Å². The van der Waals surface area contributed by atoms with Crippen LogP contribution < -0.4 is 4.74 Å². The molecule has 0 bridgehead atoms. The van der Waals surface area contributed by atoms with Crippen LogP contribution in [0.5, 0.6) is 11.5 Å². The summed E-state index contributed by atoms with van der Waals surface area (Å²) in [4.78, 5) is 11.5. The van der Waals surface area contributed by atoms with Crippen LogP contribution in [-0.2, 0) is 4.74 Å². The Bertz CT molecular complexity index is 1000. The minimum Gasteiger partial charge on any atom is -0.508 e. The number of carbonyl (C=O) groups excluding carboxylic acids is 1. The number of rotatable bonds is 7. The molecule has 0 aliphatic carbocycles. The van der Waals surface area contributed by atoms with Crippen molar-refractivity contribution in [3.05, 3.63) is 92.9 Å². The lowest BCUT2D eigenvalue weighted by molar-refractivity contribution is -0.136. The lowest BCUT2D eigenvalue weighted by Gasteiger charge is -2.20. The lowest BCUT2D eigenvalue weighted by atomic mass is 10.0. The number of carbonyl (C=O) groups is 1. The van der Waals surface area contributed by atoms with Gasteiger partial charge in [0.05, 0.1) is 12.7 Å². The van der Waals surface area contributed by atoms with Crippen LogP contribution >= 0.6 is 31.9 Å². The number of ether oxygens (including phenoxy) is 2. The maximum Gasteiger partial charge on any atom is 0.389 e. The lowest BCUT2D eigenvalue weighted by Crippen LogP contribution is -2.12. The molecule has 0 saturated carbocycles. The SMILES string of the molecule is COC(=O)c1ccc(C(CCCC(F)(F)F)Oc2ccc(Br)cc2)cc1.Oc1ccc(Br)cc1. The zero-order valence-corrected chi connectivity index (χ0v) is 21.4. The molecular formula is C25H23Br2F3O4. The molecule has 0 spiro atoms. The summed E-state index contributed by atoms with van der Waals surface area (Å²) in [5.74, 6) is 0.384. The van der Waals surface area contributed by atoms with Crippen LogP contribution in [0.25, 0.3) is 0 Å². The fraction of sp³-hybridized carbons (Fsp3) is 0.240. The van der Waals surface area contributed by atoms with E-state index in [0.29, 0.717) is 22.6 Å². The largest absolute Gasteiger partial charge is 0.508 e. The van der Waals surface area contributed by atoms with Gasteiger partial charge < -0.3 is 14.6 Å². The number of alkyl halides is 3. The highest BCUT2D eigenvalue weighted by Crippen LogP contribution is 2.30. The number of phenols is 1. The summed E-state index contributed by atoms with van der Waals surface area (Å²) in [7, 11) is 1.28. The minimum absolute atomic E-state index is 0.0521. The third-order valence-electron chi connectivity index (χ3n) is 4.55. The second kappa shape index (κ2) is 13.4. The van der Waals surface area contributed by atoms with Crippen LogP contribution in [0.15, 0.2) is 81.7 Å². The first kappa shape index (κ1) is 27.7. The van der Waals surface area contributed by atoms with Gasteiger partial charge in [0.2, 0.25) is 0 Å². The van der Waals surface area contributed by atoms with E-state index in [9.17, 15) is 18.0 Å². The zero-order chi connectivity index (χ0) is 25.1. The molecule has 0 amide bonds. The van der Waals surface area contributed by atoms with E-state index in [4.69, 9.17) is 9.84 Å². The van der Waals surface area contributed by atoms with Crippen molar-refractivity contribution < 1.29 is 32.5 Å². The van der Waals surface area contributed by atoms with Gasteiger partial charge in [-0.1, -0.05) is 44.0 Å². The first-order valence-electron chi connectivity index (χ1n) is 10.2. The number of halogens is 5. The molecule has 0 heterocycles. The molecule has 0 aromatic heterocycles. The van der Waals surface area contributed by atoms with Gasteiger partial charge in [0, 0.05) is 15.4 Å². The van der Waals surface area contributed by atoms with Crippen molar-refractivity contribution in [3.8, 4) is 11.5 Å². The number of benzene rings is 3. The number of esters is 1. The molecule has 182 valence electrons. The summed E-state index contributed by atoms with van der Waals surface area (Å²) in [6.07, 6.45) is -5.47. The number of methoxy groups -OCH3 is 1. The van der Waals surface area contributed by atoms with Gasteiger partial charge in [-0.25, -0.2) is 4.79 Å². The summed E-state index contributed by atoms with van der Waals surface area (Å²) in [6.45, 7) is 0. The number of hydrogen-bond donors (Lipinski definition) is 1. The van der Waals surface area contributed by atoms with Gasteiger partial charge in [-0.3, -0.25) is 0 Å². The third kappa shape index (κ3) is 10.2. The van der Waals surface area contributed by atoms with Gasteiger partial charge in [0.15, 0.2) is 0 Å². The van der Waals surface area contributed by atoms with Crippen LogP contribution in [0.1, 0.15) is 41.3 Å². The van der Waals surface area contributed by atoms with E-state index in [-0.39, 0.29) is 12.8 Å². The van der Waals surface area contributed by atoms with Gasteiger partial charge in [-0.15, -0.1) is 0 Å². The van der Waals surface area contributed by atoms with Crippen LogP contribution in [0.3, 0.4) is 0 Å². The second-order valence-corrected chi connectivity index (χ2v) is 8.99. The fourth-order valence-corrected chi connectivity index (χ4v) is 3.38. The quantitative estimate of drug-likeness (QED) is 0.276. The molecule has 3 aromatic carbocycles. The molecular weight excluding hydrogens is 581 g/mol. The Morgan fingerprint density at radius 2 is 1.44 bits per heavy atom.